The Balaban J connectivity index is 2.19. The number of hydrogen-bond acceptors (Lipinski definition) is 4. The van der Waals surface area contributed by atoms with Gasteiger partial charge in [-0.25, -0.2) is 9.18 Å². The molecule has 0 amide bonds. The van der Waals surface area contributed by atoms with Crippen LogP contribution in [0, 0.1) is 19.7 Å². The van der Waals surface area contributed by atoms with Gasteiger partial charge in [-0.2, -0.15) is 0 Å². The molecule has 2 aromatic rings. The predicted molar refractivity (Wildman–Crippen MR) is 79.7 cm³/mol. The largest absolute Gasteiger partial charge is 0.513 e. The van der Waals surface area contributed by atoms with E-state index in [4.69, 9.17) is 9.47 Å². The van der Waals surface area contributed by atoms with Gasteiger partial charge in [0.1, 0.15) is 23.9 Å². The van der Waals surface area contributed by atoms with E-state index >= 15 is 0 Å². The van der Waals surface area contributed by atoms with E-state index in [1.54, 1.807) is 0 Å². The summed E-state index contributed by atoms with van der Waals surface area (Å²) in [5.41, 5.74) is 2.23. The van der Waals surface area contributed by atoms with Crippen molar-refractivity contribution in [2.24, 2.45) is 0 Å². The van der Waals surface area contributed by atoms with E-state index in [1.807, 2.05) is 32.0 Å². The highest BCUT2D eigenvalue weighted by molar-refractivity contribution is 5.64. The second-order valence-electron chi connectivity index (χ2n) is 4.83. The summed E-state index contributed by atoms with van der Waals surface area (Å²) in [5, 5.41) is 0. The number of hydrogen-bond donors (Lipinski definition) is 0. The quantitative estimate of drug-likeness (QED) is 0.628. The molecular formula is C17H17FO4. The molecule has 4 nitrogen and oxygen atoms in total. The van der Waals surface area contributed by atoms with Crippen LogP contribution in [0.5, 0.6) is 11.5 Å². The van der Waals surface area contributed by atoms with Crippen LogP contribution in [0.3, 0.4) is 0 Å². The Bertz CT molecular complexity index is 682. The minimum absolute atomic E-state index is 0.0527. The zero-order valence-electron chi connectivity index (χ0n) is 12.7. The van der Waals surface area contributed by atoms with Crippen LogP contribution in [0.15, 0.2) is 36.4 Å². The lowest BCUT2D eigenvalue weighted by atomic mass is 10.1. The molecule has 116 valence electrons. The fourth-order valence-corrected chi connectivity index (χ4v) is 2.02. The fourth-order valence-electron chi connectivity index (χ4n) is 2.02. The fraction of sp³-hybridized carbons (Fsp3) is 0.235. The maximum absolute atomic E-state index is 14.0. The SMILES string of the molecule is COC(=O)Oc1cccc(F)c1COc1ccc(C)cc1C. The lowest BCUT2D eigenvalue weighted by molar-refractivity contribution is 0.120. The lowest BCUT2D eigenvalue weighted by Gasteiger charge is -2.13. The Kier molecular flexibility index (Phi) is 4.99. The number of aryl methyl sites for hydroxylation is 2. The van der Waals surface area contributed by atoms with Crippen molar-refractivity contribution < 1.29 is 23.4 Å². The molecule has 0 aliphatic carbocycles. The molecule has 2 rings (SSSR count). The molecule has 0 spiro atoms. The van der Waals surface area contributed by atoms with Gasteiger partial charge in [-0.15, -0.1) is 0 Å². The maximum atomic E-state index is 14.0. The number of carbonyl (C=O) groups excluding carboxylic acids is 1. The van der Waals surface area contributed by atoms with Crippen LogP contribution < -0.4 is 9.47 Å². The van der Waals surface area contributed by atoms with Gasteiger partial charge in [-0.1, -0.05) is 23.8 Å². The van der Waals surface area contributed by atoms with Gasteiger partial charge < -0.3 is 14.2 Å². The van der Waals surface area contributed by atoms with Crippen molar-refractivity contribution in [3.63, 3.8) is 0 Å². The van der Waals surface area contributed by atoms with E-state index in [0.717, 1.165) is 11.1 Å². The Morgan fingerprint density at radius 3 is 2.59 bits per heavy atom. The van der Waals surface area contributed by atoms with Crippen LogP contribution in [-0.4, -0.2) is 13.3 Å². The molecule has 0 aliphatic heterocycles. The third-order valence-electron chi connectivity index (χ3n) is 3.14. The molecule has 0 aliphatic rings. The van der Waals surface area contributed by atoms with Gasteiger partial charge in [0, 0.05) is 0 Å². The van der Waals surface area contributed by atoms with Crippen molar-refractivity contribution in [1.29, 1.82) is 0 Å². The molecule has 0 N–H and O–H groups in total. The van der Waals surface area contributed by atoms with Crippen molar-refractivity contribution in [2.75, 3.05) is 7.11 Å². The third kappa shape index (κ3) is 3.75. The molecule has 0 unspecified atom stereocenters. The molecule has 5 heteroatoms. The number of methoxy groups -OCH3 is 1. The summed E-state index contributed by atoms with van der Waals surface area (Å²) < 4.78 is 29.0. The van der Waals surface area contributed by atoms with Crippen LogP contribution >= 0.6 is 0 Å². The number of carbonyl (C=O) groups is 1. The molecule has 0 fully saturated rings. The Morgan fingerprint density at radius 2 is 1.91 bits per heavy atom. The first-order valence-corrected chi connectivity index (χ1v) is 6.74. The van der Waals surface area contributed by atoms with Crippen LogP contribution in [0.2, 0.25) is 0 Å². The van der Waals surface area contributed by atoms with E-state index in [-0.39, 0.29) is 17.9 Å². The Morgan fingerprint density at radius 1 is 1.14 bits per heavy atom. The maximum Gasteiger partial charge on any atom is 0.513 e. The van der Waals surface area contributed by atoms with Crippen LogP contribution in [0.25, 0.3) is 0 Å². The highest BCUT2D eigenvalue weighted by Gasteiger charge is 2.14. The Labute approximate surface area is 128 Å². The van der Waals surface area contributed by atoms with Gasteiger partial charge in [-0.05, 0) is 37.6 Å². The standard InChI is InChI=1S/C17H17FO4/c1-11-7-8-15(12(2)9-11)21-10-13-14(18)5-4-6-16(13)22-17(19)20-3/h4-9H,10H2,1-3H3. The zero-order valence-corrected chi connectivity index (χ0v) is 12.7. The summed E-state index contributed by atoms with van der Waals surface area (Å²) in [6.45, 7) is 3.84. The van der Waals surface area contributed by atoms with Gasteiger partial charge in [-0.3, -0.25) is 0 Å². The Hall–Kier alpha value is -2.56. The molecule has 0 atom stereocenters. The summed E-state index contributed by atoms with van der Waals surface area (Å²) in [5.74, 6) is 0.223. The number of halogens is 1. The first kappa shape index (κ1) is 15.8. The van der Waals surface area contributed by atoms with E-state index < -0.39 is 12.0 Å². The van der Waals surface area contributed by atoms with Crippen LogP contribution in [0.1, 0.15) is 16.7 Å². The molecule has 0 radical (unpaired) electrons. The van der Waals surface area contributed by atoms with Gasteiger partial charge in [0.25, 0.3) is 0 Å². The van der Waals surface area contributed by atoms with Crippen molar-refractivity contribution in [2.45, 2.75) is 20.5 Å². The van der Waals surface area contributed by atoms with E-state index in [0.29, 0.717) is 5.75 Å². The second kappa shape index (κ2) is 6.93. The minimum Gasteiger partial charge on any atom is -0.488 e. The van der Waals surface area contributed by atoms with Crippen molar-refractivity contribution in [1.82, 2.24) is 0 Å². The van der Waals surface area contributed by atoms with E-state index in [9.17, 15) is 9.18 Å². The van der Waals surface area contributed by atoms with Crippen molar-refractivity contribution in [3.05, 3.63) is 58.9 Å². The zero-order chi connectivity index (χ0) is 16.1. The van der Waals surface area contributed by atoms with Crippen LogP contribution in [-0.2, 0) is 11.3 Å². The highest BCUT2D eigenvalue weighted by atomic mass is 19.1. The molecule has 0 bridgehead atoms. The minimum atomic E-state index is -0.904. The summed E-state index contributed by atoms with van der Waals surface area (Å²) >= 11 is 0. The normalized spacial score (nSPS) is 10.2. The van der Waals surface area contributed by atoms with E-state index in [2.05, 4.69) is 4.74 Å². The number of benzene rings is 2. The van der Waals surface area contributed by atoms with E-state index in [1.165, 1.54) is 25.3 Å². The molecule has 0 heterocycles. The summed E-state index contributed by atoms with van der Waals surface area (Å²) in [7, 11) is 1.19. The topological polar surface area (TPSA) is 44.8 Å². The number of rotatable bonds is 4. The molecule has 0 aromatic heterocycles. The van der Waals surface area contributed by atoms with Gasteiger partial charge >= 0.3 is 6.16 Å². The second-order valence-corrected chi connectivity index (χ2v) is 4.83. The molecule has 0 saturated carbocycles. The molecule has 0 saturated heterocycles. The molecule has 22 heavy (non-hydrogen) atoms. The number of ether oxygens (including phenoxy) is 3. The molecular weight excluding hydrogens is 287 g/mol. The van der Waals surface area contributed by atoms with Crippen molar-refractivity contribution in [3.8, 4) is 11.5 Å². The lowest BCUT2D eigenvalue weighted by Crippen LogP contribution is -2.11. The predicted octanol–water partition coefficient (Wildman–Crippen LogP) is 4.17. The van der Waals surface area contributed by atoms with Gasteiger partial charge in [0.2, 0.25) is 0 Å². The first-order valence-electron chi connectivity index (χ1n) is 6.74. The summed E-state index contributed by atoms with van der Waals surface area (Å²) in [4.78, 5) is 11.2. The summed E-state index contributed by atoms with van der Waals surface area (Å²) in [6.07, 6.45) is -0.904. The van der Waals surface area contributed by atoms with Gasteiger partial charge in [0.05, 0.1) is 12.7 Å². The van der Waals surface area contributed by atoms with Gasteiger partial charge in [0.15, 0.2) is 0 Å². The average molecular weight is 304 g/mol. The van der Waals surface area contributed by atoms with Crippen molar-refractivity contribution >= 4 is 6.16 Å². The van der Waals surface area contributed by atoms with Crippen LogP contribution in [0.4, 0.5) is 9.18 Å². The first-order chi connectivity index (χ1) is 10.5. The smallest absolute Gasteiger partial charge is 0.488 e. The average Bonchev–Trinajstić information content (AvgIpc) is 2.48. The molecule has 2 aromatic carbocycles. The third-order valence-corrected chi connectivity index (χ3v) is 3.14. The highest BCUT2D eigenvalue weighted by Crippen LogP contribution is 2.25. The monoisotopic (exact) mass is 304 g/mol. The summed E-state index contributed by atoms with van der Waals surface area (Å²) in [6, 6.07) is 9.93.